The van der Waals surface area contributed by atoms with Gasteiger partial charge in [0.25, 0.3) is 0 Å². The fourth-order valence-electron chi connectivity index (χ4n) is 1.24. The quantitative estimate of drug-likeness (QED) is 0.759. The molecule has 4 heteroatoms. The minimum atomic E-state index is 0.745. The van der Waals surface area contributed by atoms with Crippen LogP contribution in [0.1, 0.15) is 11.3 Å². The first-order chi connectivity index (χ1) is 6.74. The van der Waals surface area contributed by atoms with Crippen LogP contribution in [0.3, 0.4) is 0 Å². The van der Waals surface area contributed by atoms with Gasteiger partial charge in [-0.1, -0.05) is 0 Å². The van der Waals surface area contributed by atoms with Crippen molar-refractivity contribution in [3.05, 3.63) is 35.9 Å². The van der Waals surface area contributed by atoms with E-state index < -0.39 is 0 Å². The van der Waals surface area contributed by atoms with Crippen LogP contribution in [0.4, 0.5) is 11.6 Å². The summed E-state index contributed by atoms with van der Waals surface area (Å²) >= 11 is 0. The molecule has 0 aliphatic carbocycles. The number of imidazole rings is 1. The van der Waals surface area contributed by atoms with E-state index in [2.05, 4.69) is 20.3 Å². The number of H-pyrrole nitrogens is 1. The van der Waals surface area contributed by atoms with E-state index in [4.69, 9.17) is 0 Å². The van der Waals surface area contributed by atoms with Crippen molar-refractivity contribution in [1.29, 1.82) is 0 Å². The first-order valence-corrected chi connectivity index (χ1v) is 4.44. The van der Waals surface area contributed by atoms with Crippen molar-refractivity contribution in [2.24, 2.45) is 0 Å². The molecule has 0 aliphatic heterocycles. The maximum absolute atomic E-state index is 4.15. The van der Waals surface area contributed by atoms with Crippen molar-refractivity contribution in [2.45, 2.75) is 13.8 Å². The lowest BCUT2D eigenvalue weighted by Crippen LogP contribution is -1.93. The largest absolute Gasteiger partial charge is 0.328 e. The molecule has 0 unspecified atom stereocenters. The smallest absolute Gasteiger partial charge is 0.204 e. The average molecular weight is 188 g/mol. The molecule has 0 saturated heterocycles. The van der Waals surface area contributed by atoms with Crippen LogP contribution in [0, 0.1) is 13.8 Å². The van der Waals surface area contributed by atoms with Gasteiger partial charge in [0.05, 0.1) is 11.9 Å². The highest BCUT2D eigenvalue weighted by Gasteiger charge is 1.97. The number of rotatable bonds is 2. The van der Waals surface area contributed by atoms with Crippen molar-refractivity contribution in [2.75, 3.05) is 5.32 Å². The van der Waals surface area contributed by atoms with Gasteiger partial charge in [-0.15, -0.1) is 0 Å². The molecule has 2 aromatic rings. The van der Waals surface area contributed by atoms with Gasteiger partial charge in [0.15, 0.2) is 0 Å². The van der Waals surface area contributed by atoms with Crippen molar-refractivity contribution < 1.29 is 0 Å². The lowest BCUT2D eigenvalue weighted by molar-refractivity contribution is 1.22. The van der Waals surface area contributed by atoms with Gasteiger partial charge in [0.2, 0.25) is 5.95 Å². The van der Waals surface area contributed by atoms with Crippen LogP contribution in [0.5, 0.6) is 0 Å². The average Bonchev–Trinajstić information content (AvgIpc) is 2.51. The summed E-state index contributed by atoms with van der Waals surface area (Å²) in [6.45, 7) is 3.97. The molecule has 2 heterocycles. The molecule has 14 heavy (non-hydrogen) atoms. The Bertz CT molecular complexity index is 433. The summed E-state index contributed by atoms with van der Waals surface area (Å²) in [6.07, 6.45) is 5.37. The van der Waals surface area contributed by atoms with Gasteiger partial charge in [-0.05, 0) is 25.5 Å². The standard InChI is InChI=1S/C10H12N4/c1-7-3-9(6-11-4-7)14-10-12-5-8(2)13-10/h3-6H,1-2H3,(H2,12,13,14). The minimum absolute atomic E-state index is 0.745. The van der Waals surface area contributed by atoms with Gasteiger partial charge in [-0.3, -0.25) is 4.98 Å². The Hall–Kier alpha value is -1.84. The van der Waals surface area contributed by atoms with E-state index in [0.29, 0.717) is 0 Å². The van der Waals surface area contributed by atoms with Crippen molar-refractivity contribution >= 4 is 11.6 Å². The van der Waals surface area contributed by atoms with Crippen LogP contribution < -0.4 is 5.32 Å². The lowest BCUT2D eigenvalue weighted by atomic mass is 10.3. The molecule has 0 bridgehead atoms. The summed E-state index contributed by atoms with van der Waals surface area (Å²) in [7, 11) is 0. The van der Waals surface area contributed by atoms with Crippen LogP contribution in [0.25, 0.3) is 0 Å². The number of aromatic amines is 1. The van der Waals surface area contributed by atoms with E-state index in [0.717, 1.165) is 22.9 Å². The number of hydrogen-bond acceptors (Lipinski definition) is 3. The molecular formula is C10H12N4. The number of nitrogens with one attached hydrogen (secondary N) is 2. The minimum Gasteiger partial charge on any atom is -0.328 e. The topological polar surface area (TPSA) is 53.6 Å². The second-order valence-corrected chi connectivity index (χ2v) is 3.29. The van der Waals surface area contributed by atoms with Crippen LogP contribution in [-0.2, 0) is 0 Å². The van der Waals surface area contributed by atoms with Crippen LogP contribution >= 0.6 is 0 Å². The predicted octanol–water partition coefficient (Wildman–Crippen LogP) is 2.17. The molecule has 4 nitrogen and oxygen atoms in total. The number of aryl methyl sites for hydroxylation is 2. The molecular weight excluding hydrogens is 176 g/mol. The molecule has 2 N–H and O–H groups in total. The van der Waals surface area contributed by atoms with Crippen molar-refractivity contribution in [1.82, 2.24) is 15.0 Å². The number of anilines is 2. The first-order valence-electron chi connectivity index (χ1n) is 4.44. The molecule has 2 rings (SSSR count). The highest BCUT2D eigenvalue weighted by atomic mass is 15.1. The molecule has 0 atom stereocenters. The third-order valence-corrected chi connectivity index (χ3v) is 1.84. The molecule has 2 aromatic heterocycles. The van der Waals surface area contributed by atoms with E-state index in [1.54, 1.807) is 12.4 Å². The van der Waals surface area contributed by atoms with E-state index in [9.17, 15) is 0 Å². The highest BCUT2D eigenvalue weighted by Crippen LogP contribution is 2.12. The molecule has 72 valence electrons. The third-order valence-electron chi connectivity index (χ3n) is 1.84. The molecule has 0 fully saturated rings. The molecule has 0 aliphatic rings. The van der Waals surface area contributed by atoms with Gasteiger partial charge in [0.1, 0.15) is 0 Å². The number of nitrogens with zero attached hydrogens (tertiary/aromatic N) is 2. The van der Waals surface area contributed by atoms with Crippen molar-refractivity contribution in [3.8, 4) is 0 Å². The van der Waals surface area contributed by atoms with Crippen LogP contribution in [0.15, 0.2) is 24.7 Å². The van der Waals surface area contributed by atoms with Crippen LogP contribution in [0.2, 0.25) is 0 Å². The summed E-state index contributed by atoms with van der Waals surface area (Å²) in [5.41, 5.74) is 3.10. The predicted molar refractivity (Wildman–Crippen MR) is 55.6 cm³/mol. The Balaban J connectivity index is 2.18. The number of pyridine rings is 1. The molecule has 0 spiro atoms. The zero-order valence-electron chi connectivity index (χ0n) is 8.20. The number of aromatic nitrogens is 3. The van der Waals surface area contributed by atoms with E-state index >= 15 is 0 Å². The monoisotopic (exact) mass is 188 g/mol. The summed E-state index contributed by atoms with van der Waals surface area (Å²) in [6, 6.07) is 2.02. The molecule has 0 amide bonds. The van der Waals surface area contributed by atoms with Gasteiger partial charge >= 0.3 is 0 Å². The highest BCUT2D eigenvalue weighted by molar-refractivity contribution is 5.52. The maximum atomic E-state index is 4.15. The van der Waals surface area contributed by atoms with E-state index in [-0.39, 0.29) is 0 Å². The van der Waals surface area contributed by atoms with Gasteiger partial charge < -0.3 is 10.3 Å². The summed E-state index contributed by atoms with van der Waals surface area (Å²) < 4.78 is 0. The second-order valence-electron chi connectivity index (χ2n) is 3.29. The SMILES string of the molecule is Cc1cncc(Nc2ncc(C)[nH]2)c1. The van der Waals surface area contributed by atoms with Crippen molar-refractivity contribution in [3.63, 3.8) is 0 Å². The normalized spacial score (nSPS) is 10.1. The van der Waals surface area contributed by atoms with E-state index in [1.165, 1.54) is 0 Å². The summed E-state index contributed by atoms with van der Waals surface area (Å²) in [4.78, 5) is 11.3. The Labute approximate surface area is 82.4 Å². The fraction of sp³-hybridized carbons (Fsp3) is 0.200. The zero-order valence-corrected chi connectivity index (χ0v) is 8.20. The summed E-state index contributed by atoms with van der Waals surface area (Å²) in [5, 5.41) is 3.14. The first kappa shape index (κ1) is 8.74. The fourth-order valence-corrected chi connectivity index (χ4v) is 1.24. The molecule has 0 saturated carbocycles. The van der Waals surface area contributed by atoms with E-state index in [1.807, 2.05) is 26.1 Å². The maximum Gasteiger partial charge on any atom is 0.204 e. The Morgan fingerprint density at radius 3 is 2.71 bits per heavy atom. The Morgan fingerprint density at radius 2 is 2.07 bits per heavy atom. The zero-order chi connectivity index (χ0) is 9.97. The van der Waals surface area contributed by atoms with Gasteiger partial charge in [-0.2, -0.15) is 0 Å². The van der Waals surface area contributed by atoms with Crippen LogP contribution in [-0.4, -0.2) is 15.0 Å². The second kappa shape index (κ2) is 3.49. The molecule has 0 aromatic carbocycles. The summed E-state index contributed by atoms with van der Waals surface area (Å²) in [5.74, 6) is 0.745. The third kappa shape index (κ3) is 1.90. The molecule has 0 radical (unpaired) electrons. The Morgan fingerprint density at radius 1 is 1.21 bits per heavy atom. The Kier molecular flexibility index (Phi) is 2.18. The van der Waals surface area contributed by atoms with Gasteiger partial charge in [0, 0.05) is 18.1 Å². The van der Waals surface area contributed by atoms with Gasteiger partial charge in [-0.25, -0.2) is 4.98 Å². The lowest BCUT2D eigenvalue weighted by Gasteiger charge is -2.02. The number of hydrogen-bond donors (Lipinski definition) is 2.